The first-order valence-corrected chi connectivity index (χ1v) is 10.9. The number of fused-ring (bicyclic) bond motifs is 1. The van der Waals surface area contributed by atoms with Crippen LogP contribution in [0.1, 0.15) is 21.5 Å². The fraction of sp³-hybridized carbons (Fsp3) is 0.364. The van der Waals surface area contributed by atoms with Crippen LogP contribution in [0.25, 0.3) is 10.2 Å². The smallest absolute Gasteiger partial charge is 0.351 e. The van der Waals surface area contributed by atoms with Crippen LogP contribution < -0.4 is 10.2 Å². The third-order valence-electron chi connectivity index (χ3n) is 5.34. The van der Waals surface area contributed by atoms with Gasteiger partial charge in [-0.15, -0.1) is 0 Å². The highest BCUT2D eigenvalue weighted by Gasteiger charge is 2.30. The van der Waals surface area contributed by atoms with E-state index in [0.717, 1.165) is 49.0 Å². The molecular formula is C22H23F3N4OS. The van der Waals surface area contributed by atoms with Gasteiger partial charge in [0.1, 0.15) is 0 Å². The maximum Gasteiger partial charge on any atom is 0.416 e. The lowest BCUT2D eigenvalue weighted by Gasteiger charge is -2.34. The molecule has 31 heavy (non-hydrogen) atoms. The number of nitrogens with one attached hydrogen (secondary N) is 1. The summed E-state index contributed by atoms with van der Waals surface area (Å²) in [4.78, 5) is 21.4. The molecule has 1 N–H and O–H groups in total. The fourth-order valence-corrected chi connectivity index (χ4v) is 4.70. The quantitative estimate of drug-likeness (QED) is 0.636. The average Bonchev–Trinajstić information content (AvgIpc) is 3.17. The molecule has 0 aliphatic carbocycles. The van der Waals surface area contributed by atoms with Crippen molar-refractivity contribution in [3.63, 3.8) is 0 Å². The minimum atomic E-state index is -4.46. The van der Waals surface area contributed by atoms with Crippen molar-refractivity contribution in [3.8, 4) is 0 Å². The number of anilines is 1. The number of carbonyl (C=O) groups is 1. The Balaban J connectivity index is 1.25. The summed E-state index contributed by atoms with van der Waals surface area (Å²) in [7, 11) is 0. The molecule has 3 aromatic rings. The van der Waals surface area contributed by atoms with E-state index < -0.39 is 17.6 Å². The molecule has 1 aliphatic heterocycles. The molecule has 1 aromatic heterocycles. The van der Waals surface area contributed by atoms with Crippen LogP contribution in [-0.4, -0.2) is 55.1 Å². The number of rotatable bonds is 5. The Morgan fingerprint density at radius 1 is 1.13 bits per heavy atom. The van der Waals surface area contributed by atoms with Crippen LogP contribution in [0.2, 0.25) is 0 Å². The average molecular weight is 449 g/mol. The lowest BCUT2D eigenvalue weighted by atomic mass is 10.1. The maximum atomic E-state index is 12.8. The van der Waals surface area contributed by atoms with Gasteiger partial charge >= 0.3 is 6.18 Å². The van der Waals surface area contributed by atoms with E-state index in [1.165, 1.54) is 22.4 Å². The molecule has 0 atom stereocenters. The van der Waals surface area contributed by atoms with Gasteiger partial charge in [0, 0.05) is 44.8 Å². The third kappa shape index (κ3) is 5.16. The molecule has 0 saturated carbocycles. The van der Waals surface area contributed by atoms with Crippen LogP contribution in [0.5, 0.6) is 0 Å². The van der Waals surface area contributed by atoms with E-state index in [9.17, 15) is 18.0 Å². The summed E-state index contributed by atoms with van der Waals surface area (Å²) in [5.74, 6) is -0.491. The Morgan fingerprint density at radius 3 is 2.65 bits per heavy atom. The monoisotopic (exact) mass is 448 g/mol. The summed E-state index contributed by atoms with van der Waals surface area (Å²) in [5, 5.41) is 3.75. The first-order valence-electron chi connectivity index (χ1n) is 10.1. The normalized spacial score (nSPS) is 15.4. The van der Waals surface area contributed by atoms with Crippen molar-refractivity contribution in [3.05, 3.63) is 59.2 Å². The number of nitrogens with zero attached hydrogens (tertiary/aromatic N) is 3. The zero-order chi connectivity index (χ0) is 22.0. The molecule has 1 fully saturated rings. The second kappa shape index (κ2) is 8.84. The molecular weight excluding hydrogens is 425 g/mol. The minimum Gasteiger partial charge on any atom is -0.351 e. The second-order valence-electron chi connectivity index (χ2n) is 7.63. The van der Waals surface area contributed by atoms with Crippen molar-refractivity contribution in [1.82, 2.24) is 15.2 Å². The van der Waals surface area contributed by atoms with E-state index in [0.29, 0.717) is 13.1 Å². The van der Waals surface area contributed by atoms with E-state index in [2.05, 4.69) is 34.2 Å². The molecule has 0 spiro atoms. The van der Waals surface area contributed by atoms with Crippen LogP contribution in [0.15, 0.2) is 42.5 Å². The lowest BCUT2D eigenvalue weighted by Crippen LogP contribution is -2.48. The van der Waals surface area contributed by atoms with Crippen LogP contribution in [0.3, 0.4) is 0 Å². The molecule has 2 aromatic carbocycles. The topological polar surface area (TPSA) is 48.5 Å². The Bertz CT molecular complexity index is 1070. The largest absolute Gasteiger partial charge is 0.416 e. The molecule has 1 aliphatic rings. The minimum absolute atomic E-state index is 0.0192. The Labute approximate surface area is 182 Å². The Kier molecular flexibility index (Phi) is 6.15. The highest BCUT2D eigenvalue weighted by molar-refractivity contribution is 7.22. The van der Waals surface area contributed by atoms with Gasteiger partial charge in [0.25, 0.3) is 5.91 Å². The lowest BCUT2D eigenvalue weighted by molar-refractivity contribution is -0.137. The molecule has 0 bridgehead atoms. The Hall–Kier alpha value is -2.65. The van der Waals surface area contributed by atoms with Gasteiger partial charge in [-0.25, -0.2) is 4.98 Å². The number of aromatic nitrogens is 1. The van der Waals surface area contributed by atoms with Crippen molar-refractivity contribution in [2.45, 2.75) is 13.1 Å². The molecule has 2 heterocycles. The first-order chi connectivity index (χ1) is 14.8. The van der Waals surface area contributed by atoms with Gasteiger partial charge in [0.2, 0.25) is 0 Å². The number of amides is 1. The van der Waals surface area contributed by atoms with Crippen molar-refractivity contribution in [2.24, 2.45) is 0 Å². The van der Waals surface area contributed by atoms with E-state index in [1.54, 1.807) is 11.3 Å². The van der Waals surface area contributed by atoms with Crippen LogP contribution in [0.4, 0.5) is 18.3 Å². The number of thiazole rings is 1. The third-order valence-corrected chi connectivity index (χ3v) is 6.42. The number of hydrogen-bond donors (Lipinski definition) is 1. The number of halogens is 3. The van der Waals surface area contributed by atoms with Gasteiger partial charge in [-0.05, 0) is 42.8 Å². The predicted molar refractivity (Wildman–Crippen MR) is 117 cm³/mol. The van der Waals surface area contributed by atoms with Gasteiger partial charge in [-0.3, -0.25) is 9.69 Å². The van der Waals surface area contributed by atoms with Crippen molar-refractivity contribution >= 4 is 32.6 Å². The summed E-state index contributed by atoms with van der Waals surface area (Å²) in [6.07, 6.45) is -4.46. The molecule has 4 rings (SSSR count). The summed E-state index contributed by atoms with van der Waals surface area (Å²) in [5.41, 5.74) is 1.44. The van der Waals surface area contributed by atoms with E-state index in [-0.39, 0.29) is 5.56 Å². The van der Waals surface area contributed by atoms with E-state index >= 15 is 0 Å². The SMILES string of the molecule is Cc1ccc2nc(N3CCN(CCNC(=O)c4cccc(C(F)(F)F)c4)CC3)sc2c1. The summed E-state index contributed by atoms with van der Waals surface area (Å²) >= 11 is 1.70. The molecule has 5 nitrogen and oxygen atoms in total. The highest BCUT2D eigenvalue weighted by Crippen LogP contribution is 2.30. The van der Waals surface area contributed by atoms with E-state index in [1.807, 2.05) is 6.07 Å². The van der Waals surface area contributed by atoms with Crippen molar-refractivity contribution in [2.75, 3.05) is 44.2 Å². The first kappa shape index (κ1) is 21.6. The van der Waals surface area contributed by atoms with Crippen LogP contribution >= 0.6 is 11.3 Å². The van der Waals surface area contributed by atoms with Crippen LogP contribution in [0, 0.1) is 6.92 Å². The van der Waals surface area contributed by atoms with Crippen molar-refractivity contribution in [1.29, 1.82) is 0 Å². The van der Waals surface area contributed by atoms with Gasteiger partial charge in [-0.1, -0.05) is 23.5 Å². The van der Waals surface area contributed by atoms with Gasteiger partial charge in [0.15, 0.2) is 5.13 Å². The molecule has 1 amide bonds. The fourth-order valence-electron chi connectivity index (χ4n) is 3.58. The molecule has 9 heteroatoms. The van der Waals surface area contributed by atoms with Crippen LogP contribution in [-0.2, 0) is 6.18 Å². The van der Waals surface area contributed by atoms with E-state index in [4.69, 9.17) is 4.98 Å². The maximum absolute atomic E-state index is 12.8. The number of alkyl halides is 3. The number of aryl methyl sites for hydroxylation is 1. The molecule has 0 unspecified atom stereocenters. The number of benzene rings is 2. The zero-order valence-electron chi connectivity index (χ0n) is 17.1. The predicted octanol–water partition coefficient (Wildman–Crippen LogP) is 4.18. The summed E-state index contributed by atoms with van der Waals surface area (Å²) in [6, 6.07) is 10.8. The standard InChI is InChI=1S/C22H23F3N4OS/c1-15-5-6-18-19(13-15)31-21(27-18)29-11-9-28(10-12-29)8-7-26-20(30)16-3-2-4-17(14-16)22(23,24)25/h2-6,13-14H,7-12H2,1H3,(H,26,30). The second-order valence-corrected chi connectivity index (χ2v) is 8.64. The molecule has 164 valence electrons. The zero-order valence-corrected chi connectivity index (χ0v) is 17.9. The molecule has 0 radical (unpaired) electrons. The number of hydrogen-bond acceptors (Lipinski definition) is 5. The van der Waals surface area contributed by atoms with Gasteiger partial charge in [-0.2, -0.15) is 13.2 Å². The van der Waals surface area contributed by atoms with Gasteiger partial charge < -0.3 is 10.2 Å². The van der Waals surface area contributed by atoms with Crippen molar-refractivity contribution < 1.29 is 18.0 Å². The number of carbonyl (C=O) groups excluding carboxylic acids is 1. The highest BCUT2D eigenvalue weighted by atomic mass is 32.1. The molecule has 1 saturated heterocycles. The summed E-state index contributed by atoms with van der Waals surface area (Å²) < 4.78 is 39.6. The Morgan fingerprint density at radius 2 is 1.90 bits per heavy atom. The summed E-state index contributed by atoms with van der Waals surface area (Å²) in [6.45, 7) is 6.49. The van der Waals surface area contributed by atoms with Gasteiger partial charge in [0.05, 0.1) is 15.8 Å². The number of piperazine rings is 1.